The lowest BCUT2D eigenvalue weighted by molar-refractivity contribution is -0.384. The van der Waals surface area contributed by atoms with Crippen molar-refractivity contribution in [2.24, 2.45) is 0 Å². The van der Waals surface area contributed by atoms with E-state index in [1.165, 1.54) is 18.9 Å². The van der Waals surface area contributed by atoms with E-state index < -0.39 is 4.92 Å². The van der Waals surface area contributed by atoms with Crippen molar-refractivity contribution in [1.29, 1.82) is 0 Å². The third-order valence-electron chi connectivity index (χ3n) is 3.04. The lowest BCUT2D eigenvalue weighted by atomic mass is 10.1. The molecular formula is C11H17N5O2. The van der Waals surface area contributed by atoms with E-state index in [0.29, 0.717) is 11.9 Å². The van der Waals surface area contributed by atoms with Crippen LogP contribution in [-0.4, -0.2) is 29.0 Å². The van der Waals surface area contributed by atoms with E-state index in [0.717, 1.165) is 19.5 Å². The van der Waals surface area contributed by atoms with Crippen LogP contribution < -0.4 is 16.4 Å². The first-order valence-corrected chi connectivity index (χ1v) is 6.05. The predicted molar refractivity (Wildman–Crippen MR) is 69.4 cm³/mol. The highest BCUT2D eigenvalue weighted by molar-refractivity contribution is 5.57. The minimum Gasteiger partial charge on any atom is -0.378 e. The Morgan fingerprint density at radius 3 is 3.00 bits per heavy atom. The molecule has 18 heavy (non-hydrogen) atoms. The fourth-order valence-electron chi connectivity index (χ4n) is 2.05. The first-order valence-electron chi connectivity index (χ1n) is 6.05. The van der Waals surface area contributed by atoms with Gasteiger partial charge >= 0.3 is 5.69 Å². The highest BCUT2D eigenvalue weighted by Gasteiger charge is 2.15. The van der Waals surface area contributed by atoms with Crippen molar-refractivity contribution in [3.05, 3.63) is 22.2 Å². The van der Waals surface area contributed by atoms with Crippen molar-refractivity contribution in [3.63, 3.8) is 0 Å². The quantitative estimate of drug-likeness (QED) is 0.547. The van der Waals surface area contributed by atoms with Crippen LogP contribution in [0.3, 0.4) is 0 Å². The van der Waals surface area contributed by atoms with Gasteiger partial charge in [-0.25, -0.2) is 4.98 Å². The third kappa shape index (κ3) is 3.07. The van der Waals surface area contributed by atoms with Crippen molar-refractivity contribution in [2.75, 3.05) is 24.1 Å². The number of hydrogen-bond acceptors (Lipinski definition) is 6. The molecule has 1 saturated heterocycles. The third-order valence-corrected chi connectivity index (χ3v) is 3.04. The largest absolute Gasteiger partial charge is 0.378 e. The molecule has 2 heterocycles. The van der Waals surface area contributed by atoms with Gasteiger partial charge in [-0.05, 0) is 25.5 Å². The normalized spacial score (nSPS) is 19.4. The minimum atomic E-state index is -0.533. The van der Waals surface area contributed by atoms with E-state index in [-0.39, 0.29) is 11.5 Å². The summed E-state index contributed by atoms with van der Waals surface area (Å²) in [7, 11) is 0. The monoisotopic (exact) mass is 251 g/mol. The number of nitrogen functional groups attached to an aromatic ring is 1. The van der Waals surface area contributed by atoms with Crippen molar-refractivity contribution in [3.8, 4) is 0 Å². The number of nitrogens with zero attached hydrogens (tertiary/aromatic N) is 2. The van der Waals surface area contributed by atoms with Crippen LogP contribution in [0.5, 0.6) is 0 Å². The van der Waals surface area contributed by atoms with E-state index in [9.17, 15) is 10.1 Å². The molecule has 7 nitrogen and oxygen atoms in total. The van der Waals surface area contributed by atoms with Gasteiger partial charge in [0.05, 0.1) is 4.92 Å². The summed E-state index contributed by atoms with van der Waals surface area (Å²) in [4.78, 5) is 14.0. The standard InChI is InChI=1S/C11H17N5O2/c12-11-9(16(17)18)4-5-10(15-11)14-7-8-3-1-2-6-13-8/h4-5,8,13H,1-3,6-7H2,(H3,12,14,15). The molecule has 1 aliphatic heterocycles. The van der Waals surface area contributed by atoms with Crippen LogP contribution in [0, 0.1) is 10.1 Å². The van der Waals surface area contributed by atoms with Crippen molar-refractivity contribution < 1.29 is 4.92 Å². The lowest BCUT2D eigenvalue weighted by Gasteiger charge is -2.23. The average Bonchev–Trinajstić information content (AvgIpc) is 2.37. The predicted octanol–water partition coefficient (Wildman–Crippen LogP) is 1.13. The number of aromatic nitrogens is 1. The number of hydrogen-bond donors (Lipinski definition) is 3. The highest BCUT2D eigenvalue weighted by Crippen LogP contribution is 2.20. The van der Waals surface area contributed by atoms with Gasteiger partial charge in [0.15, 0.2) is 0 Å². The smallest absolute Gasteiger partial charge is 0.311 e. The second kappa shape index (κ2) is 5.63. The molecule has 1 aliphatic rings. The summed E-state index contributed by atoms with van der Waals surface area (Å²) in [5.74, 6) is 0.520. The highest BCUT2D eigenvalue weighted by atomic mass is 16.6. The molecule has 1 fully saturated rings. The number of piperidine rings is 1. The van der Waals surface area contributed by atoms with Gasteiger partial charge in [-0.15, -0.1) is 0 Å². The second-order valence-corrected chi connectivity index (χ2v) is 4.39. The summed E-state index contributed by atoms with van der Waals surface area (Å²) in [6.07, 6.45) is 3.59. The summed E-state index contributed by atoms with van der Waals surface area (Å²) < 4.78 is 0. The molecule has 1 unspecified atom stereocenters. The minimum absolute atomic E-state index is 0.0541. The maximum atomic E-state index is 10.6. The molecule has 0 saturated carbocycles. The molecule has 0 aromatic carbocycles. The maximum absolute atomic E-state index is 10.6. The average molecular weight is 251 g/mol. The van der Waals surface area contributed by atoms with E-state index >= 15 is 0 Å². The fourth-order valence-corrected chi connectivity index (χ4v) is 2.05. The van der Waals surface area contributed by atoms with Crippen LogP contribution >= 0.6 is 0 Å². The Labute approximate surface area is 105 Å². The van der Waals surface area contributed by atoms with Gasteiger partial charge in [0.1, 0.15) is 5.82 Å². The summed E-state index contributed by atoms with van der Waals surface area (Å²) in [5.41, 5.74) is 5.37. The van der Waals surface area contributed by atoms with E-state index in [2.05, 4.69) is 15.6 Å². The first-order chi connectivity index (χ1) is 8.66. The van der Waals surface area contributed by atoms with Gasteiger partial charge in [-0.2, -0.15) is 0 Å². The Kier molecular flexibility index (Phi) is 3.93. The molecule has 98 valence electrons. The number of nitrogens with one attached hydrogen (secondary N) is 2. The molecule has 0 amide bonds. The van der Waals surface area contributed by atoms with Crippen LogP contribution in [0.4, 0.5) is 17.3 Å². The number of nitrogens with two attached hydrogens (primary N) is 1. The van der Waals surface area contributed by atoms with Crippen LogP contribution in [0.1, 0.15) is 19.3 Å². The van der Waals surface area contributed by atoms with Gasteiger partial charge in [0.2, 0.25) is 5.82 Å². The topological polar surface area (TPSA) is 106 Å². The Balaban J connectivity index is 1.93. The van der Waals surface area contributed by atoms with Gasteiger partial charge < -0.3 is 16.4 Å². The number of rotatable bonds is 4. The number of nitro groups is 1. The molecule has 1 aromatic heterocycles. The van der Waals surface area contributed by atoms with Gasteiger partial charge in [-0.3, -0.25) is 10.1 Å². The van der Waals surface area contributed by atoms with E-state index in [1.54, 1.807) is 6.07 Å². The molecule has 0 aliphatic carbocycles. The zero-order valence-corrected chi connectivity index (χ0v) is 10.1. The van der Waals surface area contributed by atoms with Crippen molar-refractivity contribution in [1.82, 2.24) is 10.3 Å². The maximum Gasteiger partial charge on any atom is 0.311 e. The zero-order valence-electron chi connectivity index (χ0n) is 10.1. The summed E-state index contributed by atoms with van der Waals surface area (Å²) in [6.45, 7) is 1.80. The Morgan fingerprint density at radius 1 is 1.56 bits per heavy atom. The molecule has 0 spiro atoms. The summed E-state index contributed by atoms with van der Waals surface area (Å²) >= 11 is 0. The molecule has 1 aromatic rings. The zero-order chi connectivity index (χ0) is 13.0. The van der Waals surface area contributed by atoms with Crippen LogP contribution in [0.25, 0.3) is 0 Å². The Hall–Kier alpha value is -1.89. The fraction of sp³-hybridized carbons (Fsp3) is 0.545. The van der Waals surface area contributed by atoms with Crippen LogP contribution in [0.15, 0.2) is 12.1 Å². The second-order valence-electron chi connectivity index (χ2n) is 4.39. The van der Waals surface area contributed by atoms with Crippen molar-refractivity contribution >= 4 is 17.3 Å². The summed E-state index contributed by atoms with van der Waals surface area (Å²) in [6, 6.07) is 3.38. The van der Waals surface area contributed by atoms with E-state index in [4.69, 9.17) is 5.73 Å². The Bertz CT molecular complexity index is 431. The molecule has 0 radical (unpaired) electrons. The van der Waals surface area contributed by atoms with Gasteiger partial charge in [-0.1, -0.05) is 6.42 Å². The molecule has 1 atom stereocenters. The van der Waals surface area contributed by atoms with Gasteiger partial charge in [0.25, 0.3) is 0 Å². The van der Waals surface area contributed by atoms with Crippen LogP contribution in [0.2, 0.25) is 0 Å². The Morgan fingerprint density at radius 2 is 2.39 bits per heavy atom. The van der Waals surface area contributed by atoms with E-state index in [1.807, 2.05) is 0 Å². The SMILES string of the molecule is Nc1nc(NCC2CCCCN2)ccc1[N+](=O)[O-]. The summed E-state index contributed by atoms with van der Waals surface area (Å²) in [5, 5.41) is 17.1. The lowest BCUT2D eigenvalue weighted by Crippen LogP contribution is -2.39. The molecular weight excluding hydrogens is 234 g/mol. The molecule has 0 bridgehead atoms. The first kappa shape index (κ1) is 12.6. The number of anilines is 2. The van der Waals surface area contributed by atoms with Crippen LogP contribution in [-0.2, 0) is 0 Å². The molecule has 7 heteroatoms. The van der Waals surface area contributed by atoms with Crippen molar-refractivity contribution in [2.45, 2.75) is 25.3 Å². The molecule has 4 N–H and O–H groups in total. The van der Waals surface area contributed by atoms with Gasteiger partial charge in [0, 0.05) is 18.7 Å². The molecule has 2 rings (SSSR count). The number of pyridine rings is 1.